The Balaban J connectivity index is 1.73. The van der Waals surface area contributed by atoms with Gasteiger partial charge in [0.1, 0.15) is 17.3 Å². The molecule has 0 bridgehead atoms. The number of para-hydroxylation sites is 1. The maximum absolute atomic E-state index is 6.10. The molecular formula is C15H16Cl2N4. The third-order valence-corrected chi connectivity index (χ3v) is 4.30. The molecule has 4 nitrogen and oxygen atoms in total. The van der Waals surface area contributed by atoms with Gasteiger partial charge in [0.25, 0.3) is 0 Å². The van der Waals surface area contributed by atoms with E-state index in [-0.39, 0.29) is 0 Å². The lowest BCUT2D eigenvalue weighted by Gasteiger charge is -2.37. The molecule has 1 saturated heterocycles. The highest BCUT2D eigenvalue weighted by Gasteiger charge is 2.21. The van der Waals surface area contributed by atoms with Gasteiger partial charge in [0, 0.05) is 37.4 Å². The van der Waals surface area contributed by atoms with Crippen molar-refractivity contribution in [2.45, 2.75) is 5.88 Å². The molecule has 1 aliphatic heterocycles. The smallest absolute Gasteiger partial charge is 0.138 e. The van der Waals surface area contributed by atoms with Gasteiger partial charge in [0.15, 0.2) is 0 Å². The zero-order valence-corrected chi connectivity index (χ0v) is 13.1. The topological polar surface area (TPSA) is 32.3 Å². The molecule has 0 aliphatic carbocycles. The van der Waals surface area contributed by atoms with Crippen LogP contribution < -0.4 is 9.80 Å². The van der Waals surface area contributed by atoms with Crippen molar-refractivity contribution in [1.82, 2.24) is 9.97 Å². The van der Waals surface area contributed by atoms with Crippen molar-refractivity contribution in [2.24, 2.45) is 0 Å². The number of alkyl halides is 1. The Bertz CT molecular complexity index is 598. The fourth-order valence-electron chi connectivity index (χ4n) is 2.59. The second kappa shape index (κ2) is 6.50. The number of halogens is 2. The summed E-state index contributed by atoms with van der Waals surface area (Å²) in [6, 6.07) is 10.5. The van der Waals surface area contributed by atoms with Crippen LogP contribution in [0.1, 0.15) is 5.56 Å². The second-order valence-corrected chi connectivity index (χ2v) is 5.54. The van der Waals surface area contributed by atoms with Gasteiger partial charge in [-0.25, -0.2) is 9.97 Å². The maximum Gasteiger partial charge on any atom is 0.138 e. The van der Waals surface area contributed by atoms with Gasteiger partial charge in [-0.15, -0.1) is 11.6 Å². The summed E-state index contributed by atoms with van der Waals surface area (Å²) < 4.78 is 0. The Morgan fingerprint density at radius 2 is 1.62 bits per heavy atom. The number of piperazine rings is 1. The fourth-order valence-corrected chi connectivity index (χ4v) is 3.09. The molecule has 21 heavy (non-hydrogen) atoms. The molecule has 1 fully saturated rings. The van der Waals surface area contributed by atoms with E-state index in [1.807, 2.05) is 6.07 Å². The molecule has 0 N–H and O–H groups in total. The van der Waals surface area contributed by atoms with Gasteiger partial charge in [-0.1, -0.05) is 29.8 Å². The van der Waals surface area contributed by atoms with Gasteiger partial charge in [-0.2, -0.15) is 0 Å². The first kappa shape index (κ1) is 14.4. The predicted octanol–water partition coefficient (Wildman–Crippen LogP) is 3.20. The van der Waals surface area contributed by atoms with E-state index >= 15 is 0 Å². The average Bonchev–Trinajstić information content (AvgIpc) is 2.55. The van der Waals surface area contributed by atoms with Crippen LogP contribution in [-0.2, 0) is 5.88 Å². The van der Waals surface area contributed by atoms with Gasteiger partial charge in [0.05, 0.1) is 5.88 Å². The number of nitrogens with zero attached hydrogens (tertiary/aromatic N) is 4. The van der Waals surface area contributed by atoms with Gasteiger partial charge < -0.3 is 9.80 Å². The summed E-state index contributed by atoms with van der Waals surface area (Å²) in [4.78, 5) is 13.0. The van der Waals surface area contributed by atoms with Crippen LogP contribution >= 0.6 is 23.2 Å². The molecule has 1 aromatic carbocycles. The minimum absolute atomic E-state index is 0.327. The monoisotopic (exact) mass is 322 g/mol. The van der Waals surface area contributed by atoms with E-state index in [0.717, 1.165) is 37.6 Å². The van der Waals surface area contributed by atoms with Crippen LogP contribution in [0, 0.1) is 0 Å². The largest absolute Gasteiger partial charge is 0.368 e. The van der Waals surface area contributed by atoms with Crippen LogP contribution in [0.3, 0.4) is 0 Å². The van der Waals surface area contributed by atoms with Crippen LogP contribution in [0.4, 0.5) is 11.5 Å². The molecule has 1 aromatic heterocycles. The second-order valence-electron chi connectivity index (χ2n) is 4.91. The van der Waals surface area contributed by atoms with Crippen LogP contribution in [-0.4, -0.2) is 36.1 Å². The molecule has 2 heterocycles. The van der Waals surface area contributed by atoms with E-state index in [2.05, 4.69) is 44.0 Å². The lowest BCUT2D eigenvalue weighted by molar-refractivity contribution is 0.645. The summed E-state index contributed by atoms with van der Waals surface area (Å²) in [5.41, 5.74) is 2.07. The summed E-state index contributed by atoms with van der Waals surface area (Å²) in [6.07, 6.45) is 1.50. The Morgan fingerprint density at radius 1 is 0.952 bits per heavy atom. The highest BCUT2D eigenvalue weighted by atomic mass is 35.5. The normalized spacial score (nSPS) is 15.3. The quantitative estimate of drug-likeness (QED) is 0.641. The maximum atomic E-state index is 6.10. The van der Waals surface area contributed by atoms with Crippen molar-refractivity contribution in [2.75, 3.05) is 36.0 Å². The zero-order chi connectivity index (χ0) is 14.7. The lowest BCUT2D eigenvalue weighted by Crippen LogP contribution is -2.47. The Kier molecular flexibility index (Phi) is 4.46. The standard InChI is InChI=1S/C15H16Cl2N4/c16-10-13-14(17)18-11-19-15(13)21-8-6-20(7-9-21)12-4-2-1-3-5-12/h1-5,11H,6-10H2. The predicted molar refractivity (Wildman–Crippen MR) is 87.5 cm³/mol. The van der Waals surface area contributed by atoms with Gasteiger partial charge in [-0.05, 0) is 12.1 Å². The third kappa shape index (κ3) is 3.06. The lowest BCUT2D eigenvalue weighted by atomic mass is 10.2. The molecule has 0 radical (unpaired) electrons. The minimum atomic E-state index is 0.327. The van der Waals surface area contributed by atoms with E-state index < -0.39 is 0 Å². The van der Waals surface area contributed by atoms with Gasteiger partial charge in [-0.3, -0.25) is 0 Å². The highest BCUT2D eigenvalue weighted by molar-refractivity contribution is 6.31. The first-order chi connectivity index (χ1) is 10.3. The molecule has 3 rings (SSSR count). The minimum Gasteiger partial charge on any atom is -0.368 e. The first-order valence-electron chi connectivity index (χ1n) is 6.90. The molecule has 0 unspecified atom stereocenters. The molecule has 2 aromatic rings. The van der Waals surface area contributed by atoms with Crippen LogP contribution in [0.2, 0.25) is 5.15 Å². The molecule has 0 atom stereocenters. The van der Waals surface area contributed by atoms with Crippen molar-refractivity contribution in [1.29, 1.82) is 0 Å². The van der Waals surface area contributed by atoms with Crippen molar-refractivity contribution >= 4 is 34.7 Å². The third-order valence-electron chi connectivity index (χ3n) is 3.70. The van der Waals surface area contributed by atoms with E-state index in [0.29, 0.717) is 11.0 Å². The Morgan fingerprint density at radius 3 is 2.29 bits per heavy atom. The van der Waals surface area contributed by atoms with Crippen molar-refractivity contribution in [3.8, 4) is 0 Å². The van der Waals surface area contributed by atoms with E-state index in [9.17, 15) is 0 Å². The average molecular weight is 323 g/mol. The molecule has 0 spiro atoms. The number of aromatic nitrogens is 2. The summed E-state index contributed by atoms with van der Waals surface area (Å²) in [7, 11) is 0. The Hall–Kier alpha value is -1.52. The van der Waals surface area contributed by atoms with Crippen molar-refractivity contribution in [3.63, 3.8) is 0 Å². The summed E-state index contributed by atoms with van der Waals surface area (Å²) >= 11 is 12.1. The Labute approximate surface area is 134 Å². The fraction of sp³-hybridized carbons (Fsp3) is 0.333. The number of hydrogen-bond acceptors (Lipinski definition) is 4. The van der Waals surface area contributed by atoms with Gasteiger partial charge >= 0.3 is 0 Å². The first-order valence-corrected chi connectivity index (χ1v) is 7.81. The molecule has 6 heteroatoms. The molecule has 110 valence electrons. The molecule has 0 amide bonds. The van der Waals surface area contributed by atoms with Crippen LogP contribution in [0.25, 0.3) is 0 Å². The van der Waals surface area contributed by atoms with E-state index in [1.54, 1.807) is 0 Å². The van der Waals surface area contributed by atoms with Gasteiger partial charge in [0.2, 0.25) is 0 Å². The highest BCUT2D eigenvalue weighted by Crippen LogP contribution is 2.26. The van der Waals surface area contributed by atoms with Crippen molar-refractivity contribution in [3.05, 3.63) is 47.4 Å². The molecule has 1 aliphatic rings. The number of anilines is 2. The zero-order valence-electron chi connectivity index (χ0n) is 11.5. The molecule has 0 saturated carbocycles. The van der Waals surface area contributed by atoms with Crippen LogP contribution in [0.5, 0.6) is 0 Å². The van der Waals surface area contributed by atoms with E-state index in [1.165, 1.54) is 12.0 Å². The number of rotatable bonds is 3. The summed E-state index contributed by atoms with van der Waals surface area (Å²) in [5, 5.41) is 0.445. The SMILES string of the molecule is ClCc1c(Cl)ncnc1N1CCN(c2ccccc2)CC1. The summed E-state index contributed by atoms with van der Waals surface area (Å²) in [5.74, 6) is 1.19. The van der Waals surface area contributed by atoms with Crippen molar-refractivity contribution < 1.29 is 0 Å². The number of benzene rings is 1. The number of hydrogen-bond donors (Lipinski definition) is 0. The molecular weight excluding hydrogens is 307 g/mol. The van der Waals surface area contributed by atoms with Crippen LogP contribution in [0.15, 0.2) is 36.7 Å². The van der Waals surface area contributed by atoms with E-state index in [4.69, 9.17) is 23.2 Å². The summed E-state index contributed by atoms with van der Waals surface area (Å²) in [6.45, 7) is 3.69.